The van der Waals surface area contributed by atoms with Gasteiger partial charge in [0.1, 0.15) is 12.5 Å². The van der Waals surface area contributed by atoms with E-state index in [9.17, 15) is 9.18 Å². The number of nitrogens with zero attached hydrogens (tertiary/aromatic N) is 1. The SMILES string of the molecule is O=C(c1c(F)cccc1Cl)N1CCCOC1. The van der Waals surface area contributed by atoms with Gasteiger partial charge in [-0.3, -0.25) is 4.79 Å². The standard InChI is InChI=1S/C11H11ClFNO2/c12-8-3-1-4-9(13)10(8)11(15)14-5-2-6-16-7-14/h1,3-4H,2,5-7H2. The van der Waals surface area contributed by atoms with E-state index in [4.69, 9.17) is 16.3 Å². The van der Waals surface area contributed by atoms with Gasteiger partial charge in [-0.2, -0.15) is 0 Å². The molecule has 1 aromatic rings. The van der Waals surface area contributed by atoms with Crippen molar-refractivity contribution < 1.29 is 13.9 Å². The van der Waals surface area contributed by atoms with Crippen LogP contribution in [-0.2, 0) is 4.74 Å². The van der Waals surface area contributed by atoms with Crippen LogP contribution in [0.25, 0.3) is 0 Å². The van der Waals surface area contributed by atoms with Gasteiger partial charge in [0.15, 0.2) is 0 Å². The van der Waals surface area contributed by atoms with Crippen LogP contribution in [0.3, 0.4) is 0 Å². The molecule has 0 radical (unpaired) electrons. The molecule has 1 aromatic carbocycles. The lowest BCUT2D eigenvalue weighted by atomic mass is 10.2. The lowest BCUT2D eigenvalue weighted by Gasteiger charge is -2.27. The van der Waals surface area contributed by atoms with Crippen LogP contribution >= 0.6 is 11.6 Å². The van der Waals surface area contributed by atoms with Crippen molar-refractivity contribution in [3.05, 3.63) is 34.6 Å². The van der Waals surface area contributed by atoms with Crippen LogP contribution in [0.2, 0.25) is 5.02 Å². The molecule has 1 fully saturated rings. The molecule has 3 nitrogen and oxygen atoms in total. The second kappa shape index (κ2) is 4.80. The minimum atomic E-state index is -0.594. The molecular formula is C11H11ClFNO2. The predicted molar refractivity (Wildman–Crippen MR) is 57.9 cm³/mol. The van der Waals surface area contributed by atoms with Gasteiger partial charge in [0.25, 0.3) is 5.91 Å². The molecule has 1 aliphatic rings. The number of carbonyl (C=O) groups is 1. The van der Waals surface area contributed by atoms with Crippen LogP contribution in [0.4, 0.5) is 4.39 Å². The lowest BCUT2D eigenvalue weighted by molar-refractivity contribution is -0.00593. The summed E-state index contributed by atoms with van der Waals surface area (Å²) in [5.41, 5.74) is -0.0744. The Kier molecular flexibility index (Phi) is 3.41. The van der Waals surface area contributed by atoms with Gasteiger partial charge in [-0.25, -0.2) is 4.39 Å². The van der Waals surface area contributed by atoms with E-state index in [0.717, 1.165) is 6.42 Å². The van der Waals surface area contributed by atoms with E-state index in [0.29, 0.717) is 13.2 Å². The second-order valence-corrected chi connectivity index (χ2v) is 3.96. The molecule has 0 spiro atoms. The summed E-state index contributed by atoms with van der Waals surface area (Å²) in [6.45, 7) is 1.40. The van der Waals surface area contributed by atoms with E-state index in [1.54, 1.807) is 0 Å². The van der Waals surface area contributed by atoms with Crippen molar-refractivity contribution in [1.29, 1.82) is 0 Å². The van der Waals surface area contributed by atoms with Crippen molar-refractivity contribution in [2.45, 2.75) is 6.42 Å². The van der Waals surface area contributed by atoms with Gasteiger partial charge in [-0.05, 0) is 18.6 Å². The van der Waals surface area contributed by atoms with Gasteiger partial charge >= 0.3 is 0 Å². The van der Waals surface area contributed by atoms with Crippen molar-refractivity contribution in [3.8, 4) is 0 Å². The normalized spacial score (nSPS) is 16.2. The molecule has 0 atom stereocenters. The minimum absolute atomic E-state index is 0.0744. The predicted octanol–water partition coefficient (Wildman–Crippen LogP) is 2.30. The Morgan fingerprint density at radius 3 is 2.94 bits per heavy atom. The average Bonchev–Trinajstić information content (AvgIpc) is 2.30. The first kappa shape index (κ1) is 11.4. The zero-order valence-electron chi connectivity index (χ0n) is 8.58. The molecule has 0 bridgehead atoms. The number of rotatable bonds is 1. The molecule has 1 amide bonds. The Morgan fingerprint density at radius 2 is 2.31 bits per heavy atom. The smallest absolute Gasteiger partial charge is 0.260 e. The lowest BCUT2D eigenvalue weighted by Crippen LogP contribution is -2.38. The Bertz CT molecular complexity index is 385. The van der Waals surface area contributed by atoms with Crippen molar-refractivity contribution in [2.24, 2.45) is 0 Å². The van der Waals surface area contributed by atoms with Crippen molar-refractivity contribution in [1.82, 2.24) is 4.90 Å². The van der Waals surface area contributed by atoms with Crippen LogP contribution in [0, 0.1) is 5.82 Å². The van der Waals surface area contributed by atoms with E-state index < -0.39 is 11.7 Å². The van der Waals surface area contributed by atoms with Crippen LogP contribution in [-0.4, -0.2) is 30.7 Å². The Labute approximate surface area is 97.8 Å². The Morgan fingerprint density at radius 1 is 1.50 bits per heavy atom. The van der Waals surface area contributed by atoms with E-state index >= 15 is 0 Å². The number of hydrogen-bond donors (Lipinski definition) is 0. The van der Waals surface area contributed by atoms with E-state index in [1.165, 1.54) is 23.1 Å². The van der Waals surface area contributed by atoms with Gasteiger partial charge in [0.2, 0.25) is 0 Å². The fourth-order valence-corrected chi connectivity index (χ4v) is 1.86. The fourth-order valence-electron chi connectivity index (χ4n) is 1.62. The van der Waals surface area contributed by atoms with Crippen LogP contribution in [0.15, 0.2) is 18.2 Å². The molecule has 86 valence electrons. The summed E-state index contributed by atoms with van der Waals surface area (Å²) in [7, 11) is 0. The van der Waals surface area contributed by atoms with E-state index in [-0.39, 0.29) is 17.3 Å². The van der Waals surface area contributed by atoms with Crippen molar-refractivity contribution in [3.63, 3.8) is 0 Å². The summed E-state index contributed by atoms with van der Waals surface area (Å²) < 4.78 is 18.6. The summed E-state index contributed by atoms with van der Waals surface area (Å²) in [5.74, 6) is -1.01. The Hall–Kier alpha value is -1.13. The molecule has 16 heavy (non-hydrogen) atoms. The van der Waals surface area contributed by atoms with Gasteiger partial charge < -0.3 is 9.64 Å². The third-order valence-corrected chi connectivity index (χ3v) is 2.74. The second-order valence-electron chi connectivity index (χ2n) is 3.56. The summed E-state index contributed by atoms with van der Waals surface area (Å²) in [5, 5.41) is 0.135. The molecule has 0 aliphatic carbocycles. The molecule has 0 N–H and O–H groups in total. The van der Waals surface area contributed by atoms with Crippen molar-refractivity contribution >= 4 is 17.5 Å². The third-order valence-electron chi connectivity index (χ3n) is 2.43. The number of carbonyl (C=O) groups excluding carboxylic acids is 1. The van der Waals surface area contributed by atoms with Crippen LogP contribution in [0.1, 0.15) is 16.8 Å². The van der Waals surface area contributed by atoms with Gasteiger partial charge in [0, 0.05) is 6.54 Å². The molecule has 2 rings (SSSR count). The maximum atomic E-state index is 13.5. The number of benzene rings is 1. The summed E-state index contributed by atoms with van der Waals surface area (Å²) in [6.07, 6.45) is 0.762. The molecule has 0 saturated carbocycles. The maximum Gasteiger partial charge on any atom is 0.260 e. The average molecular weight is 244 g/mol. The molecule has 0 aromatic heterocycles. The summed E-state index contributed by atoms with van der Waals surface area (Å²) in [4.78, 5) is 13.4. The minimum Gasteiger partial charge on any atom is -0.361 e. The Balaban J connectivity index is 2.26. The van der Waals surface area contributed by atoms with Gasteiger partial charge in [-0.1, -0.05) is 17.7 Å². The topological polar surface area (TPSA) is 29.5 Å². The number of ether oxygens (including phenoxy) is 1. The van der Waals surface area contributed by atoms with Gasteiger partial charge in [0.05, 0.1) is 17.2 Å². The van der Waals surface area contributed by atoms with Gasteiger partial charge in [-0.15, -0.1) is 0 Å². The first-order valence-electron chi connectivity index (χ1n) is 5.01. The molecular weight excluding hydrogens is 233 g/mol. The highest BCUT2D eigenvalue weighted by molar-refractivity contribution is 6.33. The largest absolute Gasteiger partial charge is 0.361 e. The zero-order chi connectivity index (χ0) is 11.5. The highest BCUT2D eigenvalue weighted by atomic mass is 35.5. The first-order chi connectivity index (χ1) is 7.70. The van der Waals surface area contributed by atoms with Crippen molar-refractivity contribution in [2.75, 3.05) is 19.9 Å². The molecule has 1 aliphatic heterocycles. The maximum absolute atomic E-state index is 13.5. The van der Waals surface area contributed by atoms with E-state index in [2.05, 4.69) is 0 Å². The molecule has 1 saturated heterocycles. The van der Waals surface area contributed by atoms with Crippen LogP contribution in [0.5, 0.6) is 0 Å². The molecule has 5 heteroatoms. The monoisotopic (exact) mass is 243 g/mol. The summed E-state index contributed by atoms with van der Waals surface area (Å²) in [6, 6.07) is 4.20. The number of halogens is 2. The molecule has 0 unspecified atom stereocenters. The quantitative estimate of drug-likeness (QED) is 0.758. The first-order valence-corrected chi connectivity index (χ1v) is 5.39. The highest BCUT2D eigenvalue weighted by Crippen LogP contribution is 2.21. The zero-order valence-corrected chi connectivity index (χ0v) is 9.34. The summed E-state index contributed by atoms with van der Waals surface area (Å²) >= 11 is 5.82. The highest BCUT2D eigenvalue weighted by Gasteiger charge is 2.23. The fraction of sp³-hybridized carbons (Fsp3) is 0.364. The van der Waals surface area contributed by atoms with Crippen LogP contribution < -0.4 is 0 Å². The van der Waals surface area contributed by atoms with E-state index in [1.807, 2.05) is 0 Å². The number of amides is 1. The number of hydrogen-bond acceptors (Lipinski definition) is 2. The third kappa shape index (κ3) is 2.18. The molecule has 1 heterocycles.